The van der Waals surface area contributed by atoms with Gasteiger partial charge in [0.2, 0.25) is 15.9 Å². The van der Waals surface area contributed by atoms with Crippen LogP contribution < -0.4 is 15.4 Å². The lowest BCUT2D eigenvalue weighted by molar-refractivity contribution is -0.134. The van der Waals surface area contributed by atoms with E-state index in [0.29, 0.717) is 12.5 Å². The van der Waals surface area contributed by atoms with Crippen LogP contribution in [0.2, 0.25) is 0 Å². The van der Waals surface area contributed by atoms with Crippen molar-refractivity contribution in [2.75, 3.05) is 25.9 Å². The zero-order valence-electron chi connectivity index (χ0n) is 14.3. The molecule has 0 aromatic carbocycles. The Morgan fingerprint density at radius 2 is 2.00 bits per heavy atom. The van der Waals surface area contributed by atoms with Crippen molar-refractivity contribution in [2.45, 2.75) is 51.0 Å². The molecule has 1 saturated heterocycles. The van der Waals surface area contributed by atoms with Gasteiger partial charge in [-0.1, -0.05) is 19.3 Å². The summed E-state index contributed by atoms with van der Waals surface area (Å²) in [7, 11) is -3.19. The minimum atomic E-state index is -3.19. The molecule has 3 aliphatic rings. The van der Waals surface area contributed by atoms with Crippen molar-refractivity contribution in [3.63, 3.8) is 0 Å². The van der Waals surface area contributed by atoms with Gasteiger partial charge in [-0.25, -0.2) is 13.1 Å². The molecule has 0 radical (unpaired) electrons. The molecule has 1 amide bonds. The van der Waals surface area contributed by atoms with Gasteiger partial charge in [0.1, 0.15) is 0 Å². The maximum atomic E-state index is 12.9. The molecular formula is C16H30ClN3O3S. The highest BCUT2D eigenvalue weighted by Gasteiger charge is 2.49. The lowest BCUT2D eigenvalue weighted by Gasteiger charge is -2.37. The van der Waals surface area contributed by atoms with Crippen LogP contribution in [0.15, 0.2) is 0 Å². The molecule has 2 aliphatic carbocycles. The number of rotatable bonds is 5. The molecule has 3 rings (SSSR count). The summed E-state index contributed by atoms with van der Waals surface area (Å²) in [6, 6.07) is -0.0355. The predicted molar refractivity (Wildman–Crippen MR) is 96.6 cm³/mol. The minimum absolute atomic E-state index is 0. The lowest BCUT2D eigenvalue weighted by Crippen LogP contribution is -2.50. The summed E-state index contributed by atoms with van der Waals surface area (Å²) >= 11 is 0. The van der Waals surface area contributed by atoms with Crippen LogP contribution in [-0.2, 0) is 14.8 Å². The number of hydrogen-bond donors (Lipinski definition) is 3. The van der Waals surface area contributed by atoms with Crippen LogP contribution in [0.25, 0.3) is 0 Å². The van der Waals surface area contributed by atoms with Crippen molar-refractivity contribution < 1.29 is 13.2 Å². The molecule has 0 bridgehead atoms. The highest BCUT2D eigenvalue weighted by Crippen LogP contribution is 2.44. The molecule has 4 atom stereocenters. The fourth-order valence-electron chi connectivity index (χ4n) is 4.80. The number of halogens is 1. The van der Waals surface area contributed by atoms with E-state index in [0.717, 1.165) is 51.6 Å². The third kappa shape index (κ3) is 4.23. The van der Waals surface area contributed by atoms with E-state index < -0.39 is 10.0 Å². The van der Waals surface area contributed by atoms with Crippen molar-refractivity contribution >= 4 is 28.3 Å². The first-order chi connectivity index (χ1) is 10.9. The average Bonchev–Trinajstić information content (AvgIpc) is 3.10. The maximum Gasteiger partial charge on any atom is 0.227 e. The molecule has 0 aromatic rings. The summed E-state index contributed by atoms with van der Waals surface area (Å²) in [4.78, 5) is 12.9. The Morgan fingerprint density at radius 3 is 2.75 bits per heavy atom. The van der Waals surface area contributed by atoms with E-state index in [2.05, 4.69) is 15.4 Å². The fraction of sp³-hybridized carbons (Fsp3) is 0.938. The molecule has 0 spiro atoms. The monoisotopic (exact) mass is 379 g/mol. The Balaban J connectivity index is 0.00000208. The molecule has 140 valence electrons. The first kappa shape index (κ1) is 19.9. The predicted octanol–water partition coefficient (Wildman–Crippen LogP) is 1.02. The van der Waals surface area contributed by atoms with E-state index in [1.165, 1.54) is 12.7 Å². The summed E-state index contributed by atoms with van der Waals surface area (Å²) in [5, 5.41) is 6.56. The van der Waals surface area contributed by atoms with Crippen molar-refractivity contribution in [1.29, 1.82) is 0 Å². The number of hydrogen-bond acceptors (Lipinski definition) is 4. The van der Waals surface area contributed by atoms with Crippen molar-refractivity contribution in [3.8, 4) is 0 Å². The SMILES string of the molecule is CS(=O)(=O)NC1CCCC1CNC(=O)[C@@]12CCCC[C@H]1CNC2.Cl. The largest absolute Gasteiger partial charge is 0.355 e. The molecule has 0 aromatic heterocycles. The molecular weight excluding hydrogens is 350 g/mol. The summed E-state index contributed by atoms with van der Waals surface area (Å²) in [6.45, 7) is 2.33. The van der Waals surface area contributed by atoms with Crippen LogP contribution in [0.4, 0.5) is 0 Å². The topological polar surface area (TPSA) is 87.3 Å². The van der Waals surface area contributed by atoms with E-state index in [1.807, 2.05) is 0 Å². The fourth-order valence-corrected chi connectivity index (χ4v) is 5.66. The first-order valence-corrected chi connectivity index (χ1v) is 10.8. The number of carbonyl (C=O) groups is 1. The average molecular weight is 380 g/mol. The molecule has 3 fully saturated rings. The highest BCUT2D eigenvalue weighted by atomic mass is 35.5. The third-order valence-corrected chi connectivity index (χ3v) is 6.77. The van der Waals surface area contributed by atoms with Crippen molar-refractivity contribution in [2.24, 2.45) is 17.3 Å². The second-order valence-electron chi connectivity index (χ2n) is 7.63. The molecule has 2 saturated carbocycles. The molecule has 3 N–H and O–H groups in total. The van der Waals surface area contributed by atoms with Gasteiger partial charge in [-0.05, 0) is 44.1 Å². The van der Waals surface area contributed by atoms with Crippen molar-refractivity contribution in [3.05, 3.63) is 0 Å². The van der Waals surface area contributed by atoms with Gasteiger partial charge in [0.15, 0.2) is 0 Å². The minimum Gasteiger partial charge on any atom is -0.355 e. The molecule has 24 heavy (non-hydrogen) atoms. The summed E-state index contributed by atoms with van der Waals surface area (Å²) in [5.74, 6) is 0.850. The normalized spacial score (nSPS) is 36.0. The molecule has 1 aliphatic heterocycles. The van der Waals surface area contributed by atoms with Crippen molar-refractivity contribution in [1.82, 2.24) is 15.4 Å². The smallest absolute Gasteiger partial charge is 0.227 e. The number of sulfonamides is 1. The summed E-state index contributed by atoms with van der Waals surface area (Å²) in [6.07, 6.45) is 8.54. The second-order valence-corrected chi connectivity index (χ2v) is 9.41. The molecule has 1 heterocycles. The maximum absolute atomic E-state index is 12.9. The van der Waals surface area contributed by atoms with E-state index in [9.17, 15) is 13.2 Å². The Bertz CT molecular complexity index is 557. The van der Waals surface area contributed by atoms with Gasteiger partial charge in [-0.15, -0.1) is 12.4 Å². The van der Waals surface area contributed by atoms with E-state index in [1.54, 1.807) is 0 Å². The Labute approximate surface area is 151 Å². The third-order valence-electron chi connectivity index (χ3n) is 6.04. The van der Waals surface area contributed by atoms with Crippen LogP contribution in [0, 0.1) is 17.3 Å². The van der Waals surface area contributed by atoms with Crippen LogP contribution in [0.1, 0.15) is 44.9 Å². The summed E-state index contributed by atoms with van der Waals surface area (Å²) in [5.41, 5.74) is -0.226. The van der Waals surface area contributed by atoms with Crippen LogP contribution in [0.3, 0.4) is 0 Å². The Morgan fingerprint density at radius 1 is 1.21 bits per heavy atom. The number of carbonyl (C=O) groups excluding carboxylic acids is 1. The van der Waals surface area contributed by atoms with Crippen LogP contribution in [0.5, 0.6) is 0 Å². The number of nitrogens with one attached hydrogen (secondary N) is 3. The first-order valence-electron chi connectivity index (χ1n) is 8.87. The Hall–Kier alpha value is -0.370. The van der Waals surface area contributed by atoms with Crippen LogP contribution >= 0.6 is 12.4 Å². The molecule has 2 unspecified atom stereocenters. The van der Waals surface area contributed by atoms with Gasteiger partial charge in [0.05, 0.1) is 11.7 Å². The van der Waals surface area contributed by atoms with Gasteiger partial charge in [0.25, 0.3) is 0 Å². The highest BCUT2D eigenvalue weighted by molar-refractivity contribution is 7.88. The zero-order chi connectivity index (χ0) is 16.5. The molecule has 8 heteroatoms. The van der Waals surface area contributed by atoms with E-state index >= 15 is 0 Å². The van der Waals surface area contributed by atoms with Gasteiger partial charge in [-0.2, -0.15) is 0 Å². The van der Waals surface area contributed by atoms with Gasteiger partial charge < -0.3 is 10.6 Å². The van der Waals surface area contributed by atoms with Gasteiger partial charge in [-0.3, -0.25) is 4.79 Å². The van der Waals surface area contributed by atoms with E-state index in [-0.39, 0.29) is 35.7 Å². The quantitative estimate of drug-likeness (QED) is 0.665. The number of fused-ring (bicyclic) bond motifs is 1. The van der Waals surface area contributed by atoms with E-state index in [4.69, 9.17) is 0 Å². The standard InChI is InChI=1S/C16H29N3O3S.ClH/c1-23(21,22)19-14-7-4-5-12(14)9-18-15(20)16-8-3-2-6-13(16)10-17-11-16;/h12-14,17,19H,2-11H2,1H3,(H,18,20);1H/t12?,13-,14?,16+;/m0./s1. The van der Waals surface area contributed by atoms with Gasteiger partial charge >= 0.3 is 0 Å². The number of amides is 1. The molecule has 6 nitrogen and oxygen atoms in total. The second kappa shape index (κ2) is 7.89. The zero-order valence-corrected chi connectivity index (χ0v) is 16.0. The van der Waals surface area contributed by atoms with Crippen LogP contribution in [-0.4, -0.2) is 46.3 Å². The van der Waals surface area contributed by atoms with Gasteiger partial charge in [0, 0.05) is 19.1 Å². The summed E-state index contributed by atoms with van der Waals surface area (Å²) < 4.78 is 25.6. The Kier molecular flexibility index (Phi) is 6.56. The lowest BCUT2D eigenvalue weighted by atomic mass is 9.67.